The molecule has 0 radical (unpaired) electrons. The summed E-state index contributed by atoms with van der Waals surface area (Å²) in [6.45, 7) is 4.02. The zero-order chi connectivity index (χ0) is 11.8. The number of halogens is 1. The highest BCUT2D eigenvalue weighted by atomic mass is 35.5. The lowest BCUT2D eigenvalue weighted by atomic mass is 9.89. The number of rotatable bonds is 2. The van der Waals surface area contributed by atoms with Gasteiger partial charge >= 0.3 is 0 Å². The van der Waals surface area contributed by atoms with Crippen LogP contribution in [0.1, 0.15) is 26.7 Å². The first-order chi connectivity index (χ1) is 7.61. The van der Waals surface area contributed by atoms with Gasteiger partial charge in [-0.2, -0.15) is 0 Å². The summed E-state index contributed by atoms with van der Waals surface area (Å²) in [4.78, 5) is 12.0. The Kier molecular flexibility index (Phi) is 2.80. The van der Waals surface area contributed by atoms with Crippen molar-refractivity contribution in [3.05, 3.63) is 23.2 Å². The highest BCUT2D eigenvalue weighted by molar-refractivity contribution is 6.31. The maximum atomic E-state index is 12.0. The summed E-state index contributed by atoms with van der Waals surface area (Å²) in [5.74, 6) is 0.0206. The lowest BCUT2D eigenvalue weighted by molar-refractivity contribution is -0.120. The van der Waals surface area contributed by atoms with E-state index in [-0.39, 0.29) is 5.91 Å². The van der Waals surface area contributed by atoms with Gasteiger partial charge in [0.15, 0.2) is 0 Å². The zero-order valence-electron chi connectivity index (χ0n) is 9.43. The summed E-state index contributed by atoms with van der Waals surface area (Å²) in [6, 6.07) is 5.48. The third kappa shape index (κ3) is 1.65. The summed E-state index contributed by atoms with van der Waals surface area (Å²) in [5.41, 5.74) is 1.21. The minimum Gasteiger partial charge on any atom is -0.370 e. The van der Waals surface area contributed by atoms with Crippen molar-refractivity contribution in [2.24, 2.45) is 0 Å². The van der Waals surface area contributed by atoms with E-state index >= 15 is 0 Å². The van der Waals surface area contributed by atoms with Gasteiger partial charge in [0.05, 0.1) is 11.4 Å². The van der Waals surface area contributed by atoms with Crippen LogP contribution in [0.4, 0.5) is 11.4 Å². The van der Waals surface area contributed by atoms with E-state index in [1.54, 1.807) is 6.07 Å². The molecule has 86 valence electrons. The quantitative estimate of drug-likeness (QED) is 0.830. The Morgan fingerprint density at radius 2 is 1.94 bits per heavy atom. The molecular formula is C12H15ClN2O. The molecule has 0 unspecified atom stereocenters. The van der Waals surface area contributed by atoms with Crippen molar-refractivity contribution in [1.82, 2.24) is 0 Å². The molecule has 0 aromatic heterocycles. The van der Waals surface area contributed by atoms with E-state index in [4.69, 9.17) is 11.6 Å². The molecule has 2 rings (SSSR count). The fraction of sp³-hybridized carbons (Fsp3) is 0.417. The molecular weight excluding hydrogens is 224 g/mol. The molecule has 0 fully saturated rings. The molecule has 1 aromatic rings. The van der Waals surface area contributed by atoms with Crippen molar-refractivity contribution < 1.29 is 4.79 Å². The molecule has 1 amide bonds. The Hall–Kier alpha value is -1.22. The van der Waals surface area contributed by atoms with Gasteiger partial charge in [-0.3, -0.25) is 4.79 Å². The molecule has 1 heterocycles. The van der Waals surface area contributed by atoms with Crippen LogP contribution in [0.2, 0.25) is 5.02 Å². The Bertz CT molecular complexity index is 427. The average Bonchev–Trinajstić information content (AvgIpc) is 2.28. The highest BCUT2D eigenvalue weighted by Crippen LogP contribution is 2.35. The van der Waals surface area contributed by atoms with Crippen LogP contribution in [-0.4, -0.2) is 11.4 Å². The zero-order valence-corrected chi connectivity index (χ0v) is 10.2. The van der Waals surface area contributed by atoms with Gasteiger partial charge in [-0.25, -0.2) is 0 Å². The molecule has 0 spiro atoms. The lowest BCUT2D eigenvalue weighted by Gasteiger charge is -2.37. The molecule has 1 aromatic carbocycles. The van der Waals surface area contributed by atoms with Crippen LogP contribution >= 0.6 is 11.6 Å². The molecule has 1 aliphatic heterocycles. The predicted octanol–water partition coefficient (Wildman–Crippen LogP) is 3.26. The minimum atomic E-state index is -0.485. The van der Waals surface area contributed by atoms with Gasteiger partial charge in [-0.15, -0.1) is 0 Å². The van der Waals surface area contributed by atoms with Crippen LogP contribution < -0.4 is 10.6 Å². The lowest BCUT2D eigenvalue weighted by Crippen LogP contribution is -2.51. The summed E-state index contributed by atoms with van der Waals surface area (Å²) >= 11 is 5.88. The SMILES string of the molecule is CCC1(CC)Nc2ccc(Cl)cc2NC1=O. The number of carbonyl (C=O) groups excluding carboxylic acids is 1. The number of benzene rings is 1. The minimum absolute atomic E-state index is 0.0206. The van der Waals surface area contributed by atoms with Crippen LogP contribution in [0.25, 0.3) is 0 Å². The number of amides is 1. The Morgan fingerprint density at radius 1 is 1.25 bits per heavy atom. The Balaban J connectivity index is 2.42. The van der Waals surface area contributed by atoms with Crippen LogP contribution in [-0.2, 0) is 4.79 Å². The van der Waals surface area contributed by atoms with Crippen LogP contribution in [0.3, 0.4) is 0 Å². The molecule has 0 saturated carbocycles. The first-order valence-corrected chi connectivity index (χ1v) is 5.88. The number of hydrogen-bond acceptors (Lipinski definition) is 2. The third-order valence-electron chi connectivity index (χ3n) is 3.25. The summed E-state index contributed by atoms with van der Waals surface area (Å²) in [7, 11) is 0. The second-order valence-corrected chi connectivity index (χ2v) is 4.49. The monoisotopic (exact) mass is 238 g/mol. The molecule has 0 aliphatic carbocycles. The Morgan fingerprint density at radius 3 is 2.56 bits per heavy atom. The van der Waals surface area contributed by atoms with E-state index in [0.717, 1.165) is 24.2 Å². The Labute approximate surface area is 100 Å². The normalized spacial score (nSPS) is 17.3. The fourth-order valence-corrected chi connectivity index (χ4v) is 2.21. The first-order valence-electron chi connectivity index (χ1n) is 5.50. The topological polar surface area (TPSA) is 41.1 Å². The summed E-state index contributed by atoms with van der Waals surface area (Å²) < 4.78 is 0. The number of anilines is 2. The van der Waals surface area contributed by atoms with Crippen molar-refractivity contribution in [3.63, 3.8) is 0 Å². The largest absolute Gasteiger partial charge is 0.370 e. The smallest absolute Gasteiger partial charge is 0.250 e. The highest BCUT2D eigenvalue weighted by Gasteiger charge is 2.38. The molecule has 0 atom stereocenters. The predicted molar refractivity (Wildman–Crippen MR) is 67.0 cm³/mol. The van der Waals surface area contributed by atoms with Crippen molar-refractivity contribution in [2.45, 2.75) is 32.2 Å². The molecule has 2 N–H and O–H groups in total. The van der Waals surface area contributed by atoms with E-state index < -0.39 is 5.54 Å². The van der Waals surface area contributed by atoms with Gasteiger partial charge in [0.1, 0.15) is 5.54 Å². The second-order valence-electron chi connectivity index (χ2n) is 4.06. The third-order valence-corrected chi connectivity index (χ3v) is 3.48. The van der Waals surface area contributed by atoms with Crippen molar-refractivity contribution in [3.8, 4) is 0 Å². The summed E-state index contributed by atoms with van der Waals surface area (Å²) in [6.07, 6.45) is 1.52. The van der Waals surface area contributed by atoms with Crippen molar-refractivity contribution in [2.75, 3.05) is 10.6 Å². The maximum absolute atomic E-state index is 12.0. The van der Waals surface area contributed by atoms with Gasteiger partial charge in [-0.05, 0) is 31.0 Å². The van der Waals surface area contributed by atoms with Crippen molar-refractivity contribution >= 4 is 28.9 Å². The van der Waals surface area contributed by atoms with E-state index in [9.17, 15) is 4.79 Å². The van der Waals surface area contributed by atoms with Crippen LogP contribution in [0.5, 0.6) is 0 Å². The standard InChI is InChI=1S/C12H15ClN2O/c1-3-12(4-2)11(16)14-10-7-8(13)5-6-9(10)15-12/h5-7,15H,3-4H2,1-2H3,(H,14,16). The molecule has 4 heteroatoms. The van der Waals surface area contributed by atoms with E-state index in [2.05, 4.69) is 10.6 Å². The van der Waals surface area contributed by atoms with E-state index in [1.807, 2.05) is 26.0 Å². The van der Waals surface area contributed by atoms with E-state index in [0.29, 0.717) is 5.02 Å². The molecule has 3 nitrogen and oxygen atoms in total. The molecule has 0 saturated heterocycles. The molecule has 16 heavy (non-hydrogen) atoms. The number of nitrogens with one attached hydrogen (secondary N) is 2. The molecule has 0 bridgehead atoms. The van der Waals surface area contributed by atoms with E-state index in [1.165, 1.54) is 0 Å². The number of fused-ring (bicyclic) bond motifs is 1. The van der Waals surface area contributed by atoms with Gasteiger partial charge in [-0.1, -0.05) is 25.4 Å². The fourth-order valence-electron chi connectivity index (χ4n) is 2.03. The number of carbonyl (C=O) groups is 1. The van der Waals surface area contributed by atoms with Gasteiger partial charge in [0, 0.05) is 5.02 Å². The number of hydrogen-bond donors (Lipinski definition) is 2. The molecule has 1 aliphatic rings. The van der Waals surface area contributed by atoms with Gasteiger partial charge < -0.3 is 10.6 Å². The van der Waals surface area contributed by atoms with Crippen LogP contribution in [0.15, 0.2) is 18.2 Å². The van der Waals surface area contributed by atoms with Gasteiger partial charge in [0.25, 0.3) is 0 Å². The maximum Gasteiger partial charge on any atom is 0.250 e. The van der Waals surface area contributed by atoms with Crippen LogP contribution in [0, 0.1) is 0 Å². The second kappa shape index (κ2) is 3.98. The first kappa shape index (κ1) is 11.3. The van der Waals surface area contributed by atoms with Crippen molar-refractivity contribution in [1.29, 1.82) is 0 Å². The van der Waals surface area contributed by atoms with Gasteiger partial charge in [0.2, 0.25) is 5.91 Å². The summed E-state index contributed by atoms with van der Waals surface area (Å²) in [5, 5.41) is 6.85. The average molecular weight is 239 g/mol.